The number of benzene rings is 1. The number of anilines is 2. The van der Waals surface area contributed by atoms with Gasteiger partial charge in [-0.25, -0.2) is 4.79 Å². The minimum absolute atomic E-state index is 0.0883. The van der Waals surface area contributed by atoms with E-state index in [1.807, 2.05) is 25.5 Å². The summed E-state index contributed by atoms with van der Waals surface area (Å²) in [7, 11) is 5.46. The van der Waals surface area contributed by atoms with Crippen molar-refractivity contribution in [3.63, 3.8) is 0 Å². The standard InChI is InChI=1S/C22H25N5O3S/c1-27(2)18(20-7-5-11-31-20)14-24-22(29)25-16-8-9-17(19(12-16)30-3)26-21(28)15-6-4-10-23-13-15/h4-13,18H,14H2,1-3H3,(H,26,28)(H2,24,25,29). The number of ether oxygens (including phenoxy) is 1. The highest BCUT2D eigenvalue weighted by molar-refractivity contribution is 7.10. The smallest absolute Gasteiger partial charge is 0.319 e. The molecule has 3 N–H and O–H groups in total. The maximum absolute atomic E-state index is 12.4. The Hall–Kier alpha value is -3.43. The first-order valence-electron chi connectivity index (χ1n) is 9.62. The van der Waals surface area contributed by atoms with Gasteiger partial charge >= 0.3 is 6.03 Å². The zero-order chi connectivity index (χ0) is 22.2. The summed E-state index contributed by atoms with van der Waals surface area (Å²) < 4.78 is 5.38. The van der Waals surface area contributed by atoms with E-state index in [2.05, 4.69) is 31.9 Å². The average molecular weight is 440 g/mol. The molecule has 1 aromatic carbocycles. The number of urea groups is 1. The van der Waals surface area contributed by atoms with Gasteiger partial charge in [0.1, 0.15) is 5.75 Å². The van der Waals surface area contributed by atoms with E-state index >= 15 is 0 Å². The molecule has 8 nitrogen and oxygen atoms in total. The zero-order valence-corrected chi connectivity index (χ0v) is 18.4. The number of hydrogen-bond donors (Lipinski definition) is 3. The van der Waals surface area contributed by atoms with Crippen molar-refractivity contribution in [2.24, 2.45) is 0 Å². The molecule has 9 heteroatoms. The van der Waals surface area contributed by atoms with Gasteiger partial charge < -0.3 is 25.6 Å². The Balaban J connectivity index is 1.61. The van der Waals surface area contributed by atoms with Crippen molar-refractivity contribution in [3.05, 3.63) is 70.7 Å². The van der Waals surface area contributed by atoms with Gasteiger partial charge in [0.15, 0.2) is 0 Å². The highest BCUT2D eigenvalue weighted by atomic mass is 32.1. The number of hydrogen-bond acceptors (Lipinski definition) is 6. The Kier molecular flexibility index (Phi) is 7.58. The number of thiophene rings is 1. The molecule has 3 aromatic rings. The first-order chi connectivity index (χ1) is 15.0. The van der Waals surface area contributed by atoms with E-state index in [0.29, 0.717) is 29.2 Å². The Bertz CT molecular complexity index is 1010. The van der Waals surface area contributed by atoms with Crippen LogP contribution >= 0.6 is 11.3 Å². The van der Waals surface area contributed by atoms with Crippen LogP contribution in [0.4, 0.5) is 16.2 Å². The van der Waals surface area contributed by atoms with Crippen molar-refractivity contribution in [1.82, 2.24) is 15.2 Å². The van der Waals surface area contributed by atoms with E-state index in [-0.39, 0.29) is 18.0 Å². The molecular weight excluding hydrogens is 414 g/mol. The maximum Gasteiger partial charge on any atom is 0.319 e. The largest absolute Gasteiger partial charge is 0.494 e. The monoisotopic (exact) mass is 439 g/mol. The molecule has 0 aliphatic carbocycles. The van der Waals surface area contributed by atoms with Gasteiger partial charge in [0.2, 0.25) is 0 Å². The molecule has 3 rings (SSSR count). The van der Waals surface area contributed by atoms with Gasteiger partial charge in [-0.05, 0) is 49.8 Å². The van der Waals surface area contributed by atoms with Crippen LogP contribution in [0.3, 0.4) is 0 Å². The molecule has 31 heavy (non-hydrogen) atoms. The quantitative estimate of drug-likeness (QED) is 0.496. The first kappa shape index (κ1) is 22.3. The van der Waals surface area contributed by atoms with Gasteiger partial charge in [-0.3, -0.25) is 9.78 Å². The molecular formula is C22H25N5O3S. The van der Waals surface area contributed by atoms with Gasteiger partial charge in [-0.15, -0.1) is 11.3 Å². The van der Waals surface area contributed by atoms with Gasteiger partial charge in [0, 0.05) is 35.6 Å². The van der Waals surface area contributed by atoms with Crippen molar-refractivity contribution < 1.29 is 14.3 Å². The third kappa shape index (κ3) is 6.03. The summed E-state index contributed by atoms with van der Waals surface area (Å²) in [5.74, 6) is 0.132. The molecule has 0 aliphatic rings. The van der Waals surface area contributed by atoms with E-state index in [0.717, 1.165) is 0 Å². The predicted octanol–water partition coefficient (Wildman–Crippen LogP) is 3.83. The normalized spacial score (nSPS) is 11.6. The molecule has 0 aliphatic heterocycles. The number of carbonyl (C=O) groups excluding carboxylic acids is 2. The van der Waals surface area contributed by atoms with Gasteiger partial charge in [-0.1, -0.05) is 6.07 Å². The molecule has 2 aromatic heterocycles. The fourth-order valence-electron chi connectivity index (χ4n) is 2.95. The lowest BCUT2D eigenvalue weighted by molar-refractivity contribution is 0.102. The van der Waals surface area contributed by atoms with E-state index in [4.69, 9.17) is 4.74 Å². The van der Waals surface area contributed by atoms with Crippen LogP contribution in [-0.2, 0) is 0 Å². The zero-order valence-electron chi connectivity index (χ0n) is 17.6. The number of carbonyl (C=O) groups is 2. The average Bonchev–Trinajstić information content (AvgIpc) is 3.29. The molecule has 0 saturated heterocycles. The fourth-order valence-corrected chi connectivity index (χ4v) is 3.87. The van der Waals surface area contributed by atoms with Crippen LogP contribution in [0.25, 0.3) is 0 Å². The number of nitrogens with zero attached hydrogens (tertiary/aromatic N) is 2. The minimum Gasteiger partial charge on any atom is -0.494 e. The second kappa shape index (κ2) is 10.6. The molecule has 0 saturated carbocycles. The summed E-state index contributed by atoms with van der Waals surface area (Å²) in [5, 5.41) is 10.5. The fraction of sp³-hybridized carbons (Fsp3) is 0.227. The number of nitrogens with one attached hydrogen (secondary N) is 3. The molecule has 162 valence electrons. The Morgan fingerprint density at radius 2 is 2.00 bits per heavy atom. The molecule has 2 heterocycles. The topological polar surface area (TPSA) is 95.6 Å². The number of methoxy groups -OCH3 is 1. The van der Waals surface area contributed by atoms with Crippen LogP contribution in [0.5, 0.6) is 5.75 Å². The second-order valence-corrected chi connectivity index (χ2v) is 7.92. The summed E-state index contributed by atoms with van der Waals surface area (Å²) in [5.41, 5.74) is 1.48. The number of amides is 3. The molecule has 3 amide bonds. The summed E-state index contributed by atoms with van der Waals surface area (Å²) >= 11 is 1.66. The van der Waals surface area contributed by atoms with E-state index in [9.17, 15) is 9.59 Å². The Labute approximate surface area is 185 Å². The van der Waals surface area contributed by atoms with Gasteiger partial charge in [0.25, 0.3) is 5.91 Å². The highest BCUT2D eigenvalue weighted by Gasteiger charge is 2.17. The molecule has 0 radical (unpaired) electrons. The number of aromatic nitrogens is 1. The number of rotatable bonds is 8. The lowest BCUT2D eigenvalue weighted by Crippen LogP contribution is -2.36. The maximum atomic E-state index is 12.4. The number of pyridine rings is 1. The van der Waals surface area contributed by atoms with Crippen molar-refractivity contribution in [1.29, 1.82) is 0 Å². The molecule has 1 unspecified atom stereocenters. The van der Waals surface area contributed by atoms with E-state index < -0.39 is 0 Å². The van der Waals surface area contributed by atoms with E-state index in [1.54, 1.807) is 47.9 Å². The molecule has 0 spiro atoms. The van der Waals surface area contributed by atoms with Crippen LogP contribution in [0, 0.1) is 0 Å². The SMILES string of the molecule is COc1cc(NC(=O)NCC(c2cccs2)N(C)C)ccc1NC(=O)c1cccnc1. The first-order valence-corrected chi connectivity index (χ1v) is 10.5. The second-order valence-electron chi connectivity index (χ2n) is 6.94. The van der Waals surface area contributed by atoms with Crippen molar-refractivity contribution in [2.75, 3.05) is 38.4 Å². The third-order valence-corrected chi connectivity index (χ3v) is 5.56. The predicted molar refractivity (Wildman–Crippen MR) is 123 cm³/mol. The Morgan fingerprint density at radius 3 is 2.65 bits per heavy atom. The third-order valence-electron chi connectivity index (χ3n) is 4.58. The summed E-state index contributed by atoms with van der Waals surface area (Å²) in [6, 6.07) is 12.2. The molecule has 0 fully saturated rings. The molecule has 0 bridgehead atoms. The van der Waals surface area contributed by atoms with Crippen LogP contribution in [-0.4, -0.2) is 49.6 Å². The summed E-state index contributed by atoms with van der Waals surface area (Å²) in [6.45, 7) is 0.468. The Morgan fingerprint density at radius 1 is 1.16 bits per heavy atom. The van der Waals surface area contributed by atoms with Gasteiger partial charge in [-0.2, -0.15) is 0 Å². The van der Waals surface area contributed by atoms with Crippen molar-refractivity contribution >= 4 is 34.6 Å². The van der Waals surface area contributed by atoms with Crippen LogP contribution < -0.4 is 20.7 Å². The van der Waals surface area contributed by atoms with E-state index in [1.165, 1.54) is 18.2 Å². The van der Waals surface area contributed by atoms with Crippen LogP contribution in [0.2, 0.25) is 0 Å². The van der Waals surface area contributed by atoms with Crippen LogP contribution in [0.1, 0.15) is 21.3 Å². The molecule has 1 atom stereocenters. The highest BCUT2D eigenvalue weighted by Crippen LogP contribution is 2.28. The summed E-state index contributed by atoms with van der Waals surface area (Å²) in [6.07, 6.45) is 3.09. The van der Waals surface area contributed by atoms with Crippen molar-refractivity contribution in [3.8, 4) is 5.75 Å². The van der Waals surface area contributed by atoms with Crippen molar-refractivity contribution in [2.45, 2.75) is 6.04 Å². The lowest BCUT2D eigenvalue weighted by atomic mass is 10.2. The summed E-state index contributed by atoms with van der Waals surface area (Å²) in [4.78, 5) is 31.9. The number of likely N-dealkylation sites (N-methyl/N-ethyl adjacent to an activating group) is 1. The van der Waals surface area contributed by atoms with Gasteiger partial charge in [0.05, 0.1) is 24.4 Å². The minimum atomic E-state index is -0.322. The lowest BCUT2D eigenvalue weighted by Gasteiger charge is -2.23. The van der Waals surface area contributed by atoms with Crippen LogP contribution in [0.15, 0.2) is 60.2 Å².